The molecular formula is C21H23N5O2. The van der Waals surface area contributed by atoms with Crippen molar-refractivity contribution < 1.29 is 9.53 Å². The molecule has 1 saturated heterocycles. The number of aromatic amines is 1. The molecule has 0 atom stereocenters. The summed E-state index contributed by atoms with van der Waals surface area (Å²) in [5.74, 6) is 1.60. The summed E-state index contributed by atoms with van der Waals surface area (Å²) in [4.78, 5) is 29.2. The zero-order valence-electron chi connectivity index (χ0n) is 15.9. The van der Waals surface area contributed by atoms with Gasteiger partial charge in [0.25, 0.3) is 5.91 Å². The Morgan fingerprint density at radius 2 is 2.04 bits per heavy atom. The number of amides is 1. The average Bonchev–Trinajstić information content (AvgIpc) is 3.40. The third kappa shape index (κ3) is 2.87. The van der Waals surface area contributed by atoms with Gasteiger partial charge in [-0.15, -0.1) is 0 Å². The molecule has 5 rings (SSSR count). The van der Waals surface area contributed by atoms with Crippen LogP contribution in [0.25, 0.3) is 10.9 Å². The van der Waals surface area contributed by atoms with Gasteiger partial charge in [-0.2, -0.15) is 0 Å². The summed E-state index contributed by atoms with van der Waals surface area (Å²) >= 11 is 0. The summed E-state index contributed by atoms with van der Waals surface area (Å²) in [6.45, 7) is 3.20. The number of carbonyl (C=O) groups is 1. The van der Waals surface area contributed by atoms with Crippen molar-refractivity contribution in [3.63, 3.8) is 0 Å². The Balaban J connectivity index is 1.44. The first-order valence-corrected chi connectivity index (χ1v) is 9.76. The van der Waals surface area contributed by atoms with Crippen molar-refractivity contribution in [2.24, 2.45) is 0 Å². The van der Waals surface area contributed by atoms with Crippen LogP contribution in [0.4, 0.5) is 5.82 Å². The average molecular weight is 377 g/mol. The van der Waals surface area contributed by atoms with Crippen LogP contribution in [0.5, 0.6) is 5.75 Å². The summed E-state index contributed by atoms with van der Waals surface area (Å²) in [5, 5.41) is 1.18. The van der Waals surface area contributed by atoms with E-state index in [0.29, 0.717) is 5.69 Å². The number of nitrogens with one attached hydrogen (secondary N) is 1. The van der Waals surface area contributed by atoms with Crippen molar-refractivity contribution >= 4 is 22.6 Å². The van der Waals surface area contributed by atoms with E-state index in [1.807, 2.05) is 11.0 Å². The van der Waals surface area contributed by atoms with E-state index < -0.39 is 0 Å². The molecule has 1 fully saturated rings. The molecule has 0 spiro atoms. The summed E-state index contributed by atoms with van der Waals surface area (Å²) in [6.07, 6.45) is 6.37. The minimum absolute atomic E-state index is 0.0126. The lowest BCUT2D eigenvalue weighted by molar-refractivity contribution is 0.0786. The van der Waals surface area contributed by atoms with E-state index in [9.17, 15) is 4.79 Å². The molecule has 4 heterocycles. The van der Waals surface area contributed by atoms with E-state index in [2.05, 4.69) is 32.0 Å². The van der Waals surface area contributed by atoms with Crippen molar-refractivity contribution in [1.82, 2.24) is 19.9 Å². The highest BCUT2D eigenvalue weighted by Crippen LogP contribution is 2.31. The molecule has 2 aromatic heterocycles. The molecule has 0 unspecified atom stereocenters. The van der Waals surface area contributed by atoms with Crippen LogP contribution in [0.3, 0.4) is 0 Å². The molecule has 1 amide bonds. The molecule has 0 bridgehead atoms. The smallest absolute Gasteiger partial charge is 0.274 e. The molecular weight excluding hydrogens is 354 g/mol. The topological polar surface area (TPSA) is 74.3 Å². The lowest BCUT2D eigenvalue weighted by Gasteiger charge is -2.28. The number of hydrogen-bond donors (Lipinski definition) is 1. The molecule has 28 heavy (non-hydrogen) atoms. The quantitative estimate of drug-likeness (QED) is 0.760. The summed E-state index contributed by atoms with van der Waals surface area (Å²) in [5.41, 5.74) is 4.08. The number of H-pyrrole nitrogens is 1. The zero-order valence-corrected chi connectivity index (χ0v) is 15.9. The molecule has 0 radical (unpaired) electrons. The fraction of sp³-hybridized carbons (Fsp3) is 0.381. The number of benzene rings is 1. The Morgan fingerprint density at radius 1 is 1.18 bits per heavy atom. The van der Waals surface area contributed by atoms with Gasteiger partial charge in [0.2, 0.25) is 0 Å². The molecule has 2 aliphatic rings. The molecule has 0 aliphatic carbocycles. The molecule has 2 aliphatic heterocycles. The van der Waals surface area contributed by atoms with Gasteiger partial charge in [0.1, 0.15) is 17.3 Å². The second-order valence-electron chi connectivity index (χ2n) is 7.43. The van der Waals surface area contributed by atoms with Crippen molar-refractivity contribution in [1.29, 1.82) is 0 Å². The Morgan fingerprint density at radius 3 is 2.86 bits per heavy atom. The predicted octanol–water partition coefficient (Wildman–Crippen LogP) is 2.77. The highest BCUT2D eigenvalue weighted by Gasteiger charge is 2.25. The number of likely N-dealkylation sites (tertiary alicyclic amines) is 1. The highest BCUT2D eigenvalue weighted by molar-refractivity contribution is 5.92. The van der Waals surface area contributed by atoms with Crippen LogP contribution in [0.1, 0.15) is 34.6 Å². The fourth-order valence-electron chi connectivity index (χ4n) is 4.21. The third-order valence-electron chi connectivity index (χ3n) is 5.74. The van der Waals surface area contributed by atoms with Crippen LogP contribution < -0.4 is 9.64 Å². The maximum absolute atomic E-state index is 12.7. The SMILES string of the molecule is COc1ccc2[nH]c3c(c2c1)CN(c1cncc(C(=O)N2CCCC2)n1)CC3. The first-order valence-electron chi connectivity index (χ1n) is 9.76. The van der Waals surface area contributed by atoms with Gasteiger partial charge in [0.15, 0.2) is 0 Å². The second-order valence-corrected chi connectivity index (χ2v) is 7.43. The number of ether oxygens (including phenoxy) is 1. The van der Waals surface area contributed by atoms with Crippen molar-refractivity contribution in [2.75, 3.05) is 31.6 Å². The minimum Gasteiger partial charge on any atom is -0.497 e. The minimum atomic E-state index is -0.0126. The van der Waals surface area contributed by atoms with Crippen LogP contribution in [0.15, 0.2) is 30.6 Å². The van der Waals surface area contributed by atoms with E-state index in [1.165, 1.54) is 16.6 Å². The van der Waals surface area contributed by atoms with Crippen molar-refractivity contribution in [2.45, 2.75) is 25.8 Å². The van der Waals surface area contributed by atoms with Crippen molar-refractivity contribution in [3.05, 3.63) is 47.5 Å². The second kappa shape index (κ2) is 6.82. The van der Waals surface area contributed by atoms with E-state index >= 15 is 0 Å². The Labute approximate surface area is 163 Å². The van der Waals surface area contributed by atoms with Gasteiger partial charge in [-0.05, 0) is 31.0 Å². The number of hydrogen-bond acceptors (Lipinski definition) is 5. The fourth-order valence-corrected chi connectivity index (χ4v) is 4.21. The Kier molecular flexibility index (Phi) is 4.15. The summed E-state index contributed by atoms with van der Waals surface area (Å²) < 4.78 is 5.39. The summed E-state index contributed by atoms with van der Waals surface area (Å²) in [6, 6.07) is 6.11. The number of nitrogens with zero attached hydrogens (tertiary/aromatic N) is 4. The monoisotopic (exact) mass is 377 g/mol. The van der Waals surface area contributed by atoms with E-state index in [1.54, 1.807) is 19.5 Å². The normalized spacial score (nSPS) is 16.5. The van der Waals surface area contributed by atoms with Crippen LogP contribution in [-0.2, 0) is 13.0 Å². The molecule has 1 N–H and O–H groups in total. The lowest BCUT2D eigenvalue weighted by atomic mass is 10.0. The largest absolute Gasteiger partial charge is 0.497 e. The van der Waals surface area contributed by atoms with Gasteiger partial charge in [-0.3, -0.25) is 9.78 Å². The van der Waals surface area contributed by atoms with Gasteiger partial charge in [-0.1, -0.05) is 0 Å². The standard InChI is InChI=1S/C21H23N5O2/c1-28-14-4-5-17-15(10-14)16-13-26(9-6-18(16)23-17)20-12-22-11-19(24-20)21(27)25-7-2-3-8-25/h4-5,10-12,23H,2-3,6-9,13H2,1H3. The molecule has 3 aromatic rings. The Bertz CT molecular complexity index is 1040. The van der Waals surface area contributed by atoms with Gasteiger partial charge in [-0.25, -0.2) is 4.98 Å². The van der Waals surface area contributed by atoms with Crippen LogP contribution in [0, 0.1) is 0 Å². The molecule has 0 saturated carbocycles. The first-order chi connectivity index (χ1) is 13.7. The number of carbonyl (C=O) groups excluding carboxylic acids is 1. The van der Waals surface area contributed by atoms with Gasteiger partial charge in [0, 0.05) is 54.8 Å². The number of fused-ring (bicyclic) bond motifs is 3. The number of methoxy groups -OCH3 is 1. The van der Waals surface area contributed by atoms with Gasteiger partial charge < -0.3 is 19.5 Å². The maximum Gasteiger partial charge on any atom is 0.274 e. The highest BCUT2D eigenvalue weighted by atomic mass is 16.5. The Hall–Kier alpha value is -3.09. The first kappa shape index (κ1) is 17.0. The van der Waals surface area contributed by atoms with Crippen molar-refractivity contribution in [3.8, 4) is 5.75 Å². The maximum atomic E-state index is 12.7. The van der Waals surface area contributed by atoms with E-state index in [4.69, 9.17) is 4.74 Å². The van der Waals surface area contributed by atoms with E-state index in [-0.39, 0.29) is 5.91 Å². The van der Waals surface area contributed by atoms with Crippen LogP contribution in [-0.4, -0.2) is 52.5 Å². The number of aromatic nitrogens is 3. The lowest BCUT2D eigenvalue weighted by Crippen LogP contribution is -2.32. The number of rotatable bonds is 3. The molecule has 7 heteroatoms. The van der Waals surface area contributed by atoms with E-state index in [0.717, 1.165) is 62.5 Å². The molecule has 144 valence electrons. The molecule has 7 nitrogen and oxygen atoms in total. The van der Waals surface area contributed by atoms with Gasteiger partial charge in [0.05, 0.1) is 19.5 Å². The van der Waals surface area contributed by atoms with Crippen LogP contribution >= 0.6 is 0 Å². The molecule has 1 aromatic carbocycles. The zero-order chi connectivity index (χ0) is 19.1. The predicted molar refractivity (Wildman–Crippen MR) is 107 cm³/mol. The van der Waals surface area contributed by atoms with Gasteiger partial charge >= 0.3 is 0 Å². The van der Waals surface area contributed by atoms with Crippen LogP contribution in [0.2, 0.25) is 0 Å². The summed E-state index contributed by atoms with van der Waals surface area (Å²) in [7, 11) is 1.69. The number of anilines is 1. The third-order valence-corrected chi connectivity index (χ3v) is 5.74.